The monoisotopic (exact) mass is 498 g/mol. The van der Waals surface area contributed by atoms with Crippen LogP contribution in [0.2, 0.25) is 0 Å². The van der Waals surface area contributed by atoms with Crippen LogP contribution in [0.25, 0.3) is 32.8 Å². The number of fused-ring (bicyclic) bond motifs is 2. The van der Waals surface area contributed by atoms with Crippen LogP contribution in [0.3, 0.4) is 0 Å². The van der Waals surface area contributed by atoms with Crippen molar-refractivity contribution in [2.75, 3.05) is 13.1 Å². The van der Waals surface area contributed by atoms with Crippen LogP contribution in [0.4, 0.5) is 13.6 Å². The van der Waals surface area contributed by atoms with E-state index >= 15 is 0 Å². The molecule has 0 bridgehead atoms. The zero-order valence-corrected chi connectivity index (χ0v) is 21.1. The predicted octanol–water partition coefficient (Wildman–Crippen LogP) is 7.94. The molecule has 0 unspecified atom stereocenters. The molecule has 0 saturated carbocycles. The number of aryl methyl sites for hydroxylation is 1. The van der Waals surface area contributed by atoms with Crippen molar-refractivity contribution in [3.05, 3.63) is 102 Å². The molecule has 37 heavy (non-hydrogen) atoms. The van der Waals surface area contributed by atoms with Crippen molar-refractivity contribution in [2.45, 2.75) is 27.3 Å². The number of carbonyl (C=O) groups excluding carboxylic acids is 1. The van der Waals surface area contributed by atoms with Gasteiger partial charge in [-0.2, -0.15) is 0 Å². The zero-order valence-electron chi connectivity index (χ0n) is 21.1. The Morgan fingerprint density at radius 2 is 1.62 bits per heavy atom. The summed E-state index contributed by atoms with van der Waals surface area (Å²) in [4.78, 5) is 14.3. The number of carbonyl (C=O) groups is 1. The van der Waals surface area contributed by atoms with Crippen molar-refractivity contribution in [3.8, 4) is 16.9 Å². The van der Waals surface area contributed by atoms with Gasteiger partial charge in [-0.3, -0.25) is 0 Å². The topological polar surface area (TPSA) is 34.5 Å². The summed E-state index contributed by atoms with van der Waals surface area (Å²) in [7, 11) is 0. The molecule has 0 fully saturated rings. The van der Waals surface area contributed by atoms with Crippen molar-refractivity contribution in [1.29, 1.82) is 0 Å². The third kappa shape index (κ3) is 4.67. The summed E-state index contributed by atoms with van der Waals surface area (Å²) in [6.45, 7) is 7.42. The molecule has 6 heteroatoms. The van der Waals surface area contributed by atoms with E-state index in [1.54, 1.807) is 11.0 Å². The third-order valence-corrected chi connectivity index (χ3v) is 6.89. The van der Waals surface area contributed by atoms with Gasteiger partial charge in [-0.1, -0.05) is 36.4 Å². The Morgan fingerprint density at radius 3 is 2.35 bits per heavy atom. The van der Waals surface area contributed by atoms with Crippen molar-refractivity contribution < 1.29 is 18.3 Å². The lowest BCUT2D eigenvalue weighted by atomic mass is 9.99. The molecular weight excluding hydrogens is 470 g/mol. The Labute approximate surface area is 214 Å². The summed E-state index contributed by atoms with van der Waals surface area (Å²) in [5.74, 6) is -1.13. The number of ether oxygens (including phenoxy) is 1. The zero-order chi connectivity index (χ0) is 26.1. The van der Waals surface area contributed by atoms with E-state index < -0.39 is 17.7 Å². The maximum Gasteiger partial charge on any atom is 0.415 e. The first-order chi connectivity index (χ1) is 17.9. The molecule has 4 aromatic carbocycles. The van der Waals surface area contributed by atoms with Gasteiger partial charge in [0, 0.05) is 48.4 Å². The van der Waals surface area contributed by atoms with Crippen molar-refractivity contribution in [2.24, 2.45) is 0 Å². The van der Waals surface area contributed by atoms with Crippen molar-refractivity contribution in [3.63, 3.8) is 0 Å². The maximum absolute atomic E-state index is 14.3. The number of amides is 1. The average Bonchev–Trinajstić information content (AvgIpc) is 3.28. The van der Waals surface area contributed by atoms with Crippen LogP contribution in [0, 0.1) is 18.6 Å². The fourth-order valence-corrected chi connectivity index (χ4v) is 4.94. The Morgan fingerprint density at radius 1 is 0.892 bits per heavy atom. The lowest BCUT2D eigenvalue weighted by Gasteiger charge is -2.20. The molecule has 0 atom stereocenters. The number of hydrogen-bond donors (Lipinski definition) is 0. The minimum Gasteiger partial charge on any atom is -0.410 e. The number of benzene rings is 4. The quantitative estimate of drug-likeness (QED) is 0.238. The van der Waals surface area contributed by atoms with Crippen LogP contribution >= 0.6 is 0 Å². The Bertz CT molecular complexity index is 1600. The molecule has 0 N–H and O–H groups in total. The second-order valence-corrected chi connectivity index (χ2v) is 9.10. The molecular formula is C31H28F2N2O2. The second-order valence-electron chi connectivity index (χ2n) is 9.10. The standard InChI is InChI=1S/C31H28F2N2O2/c1-4-34(5-2)31(36)37-29-13-12-28-26(30(29)22-16-23(32)18-24(33)17-22)14-15-35(28)19-27-20(3)10-11-21-8-6-7-9-25(21)27/h6-18H,4-5,19H2,1-3H3. The molecule has 0 aliphatic rings. The first-order valence-corrected chi connectivity index (χ1v) is 12.4. The van der Waals surface area contributed by atoms with Crippen LogP contribution < -0.4 is 4.74 Å². The van der Waals surface area contributed by atoms with E-state index in [2.05, 4.69) is 35.8 Å². The van der Waals surface area contributed by atoms with Gasteiger partial charge in [-0.25, -0.2) is 13.6 Å². The van der Waals surface area contributed by atoms with Crippen molar-refractivity contribution in [1.82, 2.24) is 9.47 Å². The molecule has 1 aromatic heterocycles. The smallest absolute Gasteiger partial charge is 0.410 e. The summed E-state index contributed by atoms with van der Waals surface area (Å²) in [5.41, 5.74) is 4.03. The van der Waals surface area contributed by atoms with Gasteiger partial charge in [-0.15, -0.1) is 0 Å². The van der Waals surface area contributed by atoms with Gasteiger partial charge in [0.2, 0.25) is 0 Å². The van der Waals surface area contributed by atoms with E-state index in [-0.39, 0.29) is 5.75 Å². The van der Waals surface area contributed by atoms with Gasteiger partial charge >= 0.3 is 6.09 Å². The highest BCUT2D eigenvalue weighted by Gasteiger charge is 2.20. The molecule has 0 aliphatic heterocycles. The minimum atomic E-state index is -0.696. The van der Waals surface area contributed by atoms with Crippen LogP contribution in [0.5, 0.6) is 5.75 Å². The highest BCUT2D eigenvalue weighted by molar-refractivity contribution is 6.00. The van der Waals surface area contributed by atoms with E-state index in [1.165, 1.54) is 34.0 Å². The van der Waals surface area contributed by atoms with E-state index in [0.717, 1.165) is 17.0 Å². The third-order valence-electron chi connectivity index (χ3n) is 6.89. The molecule has 0 spiro atoms. The molecule has 0 saturated heterocycles. The fourth-order valence-electron chi connectivity index (χ4n) is 4.94. The van der Waals surface area contributed by atoms with Gasteiger partial charge in [0.25, 0.3) is 0 Å². The molecule has 5 rings (SSSR count). The number of halogens is 2. The molecule has 0 aliphatic carbocycles. The molecule has 4 nitrogen and oxygen atoms in total. The van der Waals surface area contributed by atoms with E-state index in [4.69, 9.17) is 4.74 Å². The van der Waals surface area contributed by atoms with E-state index in [0.29, 0.717) is 30.8 Å². The Kier molecular flexibility index (Phi) is 6.66. The summed E-state index contributed by atoms with van der Waals surface area (Å²) in [5, 5.41) is 3.09. The summed E-state index contributed by atoms with van der Waals surface area (Å²) < 4.78 is 36.4. The lowest BCUT2D eigenvalue weighted by molar-refractivity contribution is 0.157. The summed E-state index contributed by atoms with van der Waals surface area (Å²) >= 11 is 0. The van der Waals surface area contributed by atoms with Crippen molar-refractivity contribution >= 4 is 27.8 Å². The minimum absolute atomic E-state index is 0.258. The summed E-state index contributed by atoms with van der Waals surface area (Å²) in [6, 6.07) is 21.4. The normalized spacial score (nSPS) is 11.3. The number of nitrogens with zero attached hydrogens (tertiary/aromatic N) is 2. The molecule has 1 amide bonds. The largest absolute Gasteiger partial charge is 0.415 e. The Balaban J connectivity index is 1.66. The number of rotatable bonds is 6. The van der Waals surface area contributed by atoms with E-state index in [9.17, 15) is 13.6 Å². The van der Waals surface area contributed by atoms with Crippen LogP contribution in [0.15, 0.2) is 79.0 Å². The highest BCUT2D eigenvalue weighted by Crippen LogP contribution is 2.39. The van der Waals surface area contributed by atoms with Gasteiger partial charge in [-0.05, 0) is 78.6 Å². The molecule has 188 valence electrons. The lowest BCUT2D eigenvalue weighted by Crippen LogP contribution is -2.33. The molecule has 1 heterocycles. The molecule has 0 radical (unpaired) electrons. The first kappa shape index (κ1) is 24.5. The van der Waals surface area contributed by atoms with Crippen LogP contribution in [0.1, 0.15) is 25.0 Å². The predicted molar refractivity (Wildman–Crippen MR) is 144 cm³/mol. The van der Waals surface area contributed by atoms with Crippen LogP contribution in [-0.2, 0) is 6.54 Å². The Hall–Kier alpha value is -4.19. The highest BCUT2D eigenvalue weighted by atomic mass is 19.1. The number of hydrogen-bond acceptors (Lipinski definition) is 2. The number of aromatic nitrogens is 1. The molecule has 5 aromatic rings. The second kappa shape index (κ2) is 10.1. The fraction of sp³-hybridized carbons (Fsp3) is 0.194. The van der Waals surface area contributed by atoms with Gasteiger partial charge < -0.3 is 14.2 Å². The summed E-state index contributed by atoms with van der Waals surface area (Å²) in [6.07, 6.45) is 1.45. The average molecular weight is 499 g/mol. The van der Waals surface area contributed by atoms with Gasteiger partial charge in [0.1, 0.15) is 17.4 Å². The van der Waals surface area contributed by atoms with Gasteiger partial charge in [0.05, 0.1) is 0 Å². The van der Waals surface area contributed by atoms with E-state index in [1.807, 2.05) is 44.3 Å². The first-order valence-electron chi connectivity index (χ1n) is 12.4. The SMILES string of the molecule is CCN(CC)C(=O)Oc1ccc2c(ccn2Cc2c(C)ccc3ccccc23)c1-c1cc(F)cc(F)c1. The van der Waals surface area contributed by atoms with Gasteiger partial charge in [0.15, 0.2) is 0 Å². The maximum atomic E-state index is 14.3. The van der Waals surface area contributed by atoms with Crippen LogP contribution in [-0.4, -0.2) is 28.6 Å².